The number of likely N-dealkylation sites (tertiary alicyclic amines) is 1. The highest BCUT2D eigenvalue weighted by Crippen LogP contribution is 2.32. The van der Waals surface area contributed by atoms with Crippen LogP contribution in [0.4, 0.5) is 4.39 Å². The molecule has 1 amide bonds. The normalized spacial score (nSPS) is 25.4. The third-order valence-electron chi connectivity index (χ3n) is 7.50. The molecule has 0 spiro atoms. The average molecular weight is 530 g/mol. The van der Waals surface area contributed by atoms with Crippen molar-refractivity contribution in [3.05, 3.63) is 51.8 Å². The predicted molar refractivity (Wildman–Crippen MR) is 139 cm³/mol. The minimum atomic E-state index is -0.432. The van der Waals surface area contributed by atoms with E-state index < -0.39 is 5.82 Å². The third kappa shape index (κ3) is 5.63. The number of aryl methyl sites for hydroxylation is 2. The van der Waals surface area contributed by atoms with Gasteiger partial charge in [-0.1, -0.05) is 11.6 Å². The van der Waals surface area contributed by atoms with Crippen LogP contribution in [0.5, 0.6) is 5.75 Å². The Labute approximate surface area is 221 Å². The van der Waals surface area contributed by atoms with E-state index in [1.807, 2.05) is 13.8 Å². The summed E-state index contributed by atoms with van der Waals surface area (Å²) in [5, 5.41) is 4.21. The van der Waals surface area contributed by atoms with Gasteiger partial charge in [0.15, 0.2) is 0 Å². The first kappa shape index (κ1) is 26.0. The van der Waals surface area contributed by atoms with Gasteiger partial charge < -0.3 is 19.7 Å². The molecule has 0 bridgehead atoms. The molecule has 0 radical (unpaired) electrons. The van der Waals surface area contributed by atoms with Crippen molar-refractivity contribution in [1.29, 1.82) is 0 Å². The van der Waals surface area contributed by atoms with Gasteiger partial charge in [-0.15, -0.1) is 0 Å². The molecule has 5 rings (SSSR count). The Kier molecular flexibility index (Phi) is 7.74. The van der Waals surface area contributed by atoms with Crippen molar-refractivity contribution in [2.45, 2.75) is 63.6 Å². The van der Waals surface area contributed by atoms with E-state index >= 15 is 0 Å². The molecule has 2 aromatic rings. The molecule has 198 valence electrons. The van der Waals surface area contributed by atoms with E-state index in [4.69, 9.17) is 21.1 Å². The van der Waals surface area contributed by atoms with Crippen LogP contribution in [0, 0.1) is 19.7 Å². The van der Waals surface area contributed by atoms with Crippen molar-refractivity contribution >= 4 is 23.2 Å². The van der Waals surface area contributed by atoms with Crippen LogP contribution in [-0.4, -0.2) is 78.0 Å². The molecule has 2 saturated heterocycles. The van der Waals surface area contributed by atoms with E-state index in [0.29, 0.717) is 53.0 Å². The lowest BCUT2D eigenvalue weighted by Gasteiger charge is -2.39. The number of halogens is 2. The molecule has 1 aromatic carbocycles. The van der Waals surface area contributed by atoms with Crippen LogP contribution in [0.25, 0.3) is 0 Å². The fourth-order valence-corrected chi connectivity index (χ4v) is 5.39. The highest BCUT2D eigenvalue weighted by molar-refractivity contribution is 6.31. The van der Waals surface area contributed by atoms with Crippen LogP contribution in [0.2, 0.25) is 5.02 Å². The summed E-state index contributed by atoms with van der Waals surface area (Å²) in [5.74, 6) is 0.00327. The van der Waals surface area contributed by atoms with Crippen molar-refractivity contribution in [1.82, 2.24) is 20.2 Å². The first-order chi connectivity index (χ1) is 17.8. The Morgan fingerprint density at radius 2 is 1.89 bits per heavy atom. The van der Waals surface area contributed by atoms with Crippen molar-refractivity contribution in [2.24, 2.45) is 4.99 Å². The Hall–Kier alpha value is -2.62. The summed E-state index contributed by atoms with van der Waals surface area (Å²) in [6.45, 7) is 6.00. The summed E-state index contributed by atoms with van der Waals surface area (Å²) in [7, 11) is 1.71. The third-order valence-corrected chi connectivity index (χ3v) is 8.05. The largest absolute Gasteiger partial charge is 0.489 e. The average Bonchev–Trinajstić information content (AvgIpc) is 3.31. The number of rotatable bonds is 6. The monoisotopic (exact) mass is 529 g/mol. The van der Waals surface area contributed by atoms with Gasteiger partial charge in [-0.05, 0) is 51.7 Å². The lowest BCUT2D eigenvalue weighted by atomic mass is 9.88. The molecule has 10 heteroatoms. The number of nitrogens with zero attached hydrogens (tertiary/aromatic N) is 4. The summed E-state index contributed by atoms with van der Waals surface area (Å²) in [4.78, 5) is 28.9. The molecular weight excluding hydrogens is 497 g/mol. The summed E-state index contributed by atoms with van der Waals surface area (Å²) in [6.07, 6.45) is 3.63. The van der Waals surface area contributed by atoms with Crippen LogP contribution >= 0.6 is 11.6 Å². The standard InChI is InChI=1S/C27H33ClFN5O3/c1-15-25(28)16(2)32-26(31-15)22-13-34(14-23(22)30-3)27(35)21-5-4-17(29)10-24(21)37-20-11-19(12-20)33-18-6-8-36-9-7-18/h4-5,10,18-20,22,33H,6-9,11-14H2,1-3H3. The van der Waals surface area contributed by atoms with Gasteiger partial charge in [0.1, 0.15) is 23.5 Å². The van der Waals surface area contributed by atoms with E-state index in [-0.39, 0.29) is 23.7 Å². The second-order valence-corrected chi connectivity index (χ2v) is 10.5. The predicted octanol–water partition coefficient (Wildman–Crippen LogP) is 3.87. The Morgan fingerprint density at radius 1 is 1.19 bits per heavy atom. The highest BCUT2D eigenvalue weighted by Gasteiger charge is 2.37. The van der Waals surface area contributed by atoms with Crippen LogP contribution < -0.4 is 10.1 Å². The molecule has 37 heavy (non-hydrogen) atoms. The topological polar surface area (TPSA) is 88.9 Å². The number of nitrogens with one attached hydrogen (secondary N) is 1. The van der Waals surface area contributed by atoms with E-state index in [0.717, 1.165) is 44.6 Å². The molecule has 1 unspecified atom stereocenters. The Balaban J connectivity index is 1.27. The number of aromatic nitrogens is 2. The zero-order valence-electron chi connectivity index (χ0n) is 21.5. The summed E-state index contributed by atoms with van der Waals surface area (Å²) in [6, 6.07) is 4.96. The van der Waals surface area contributed by atoms with Crippen molar-refractivity contribution < 1.29 is 18.7 Å². The molecule has 3 heterocycles. The second-order valence-electron chi connectivity index (χ2n) is 10.1. The van der Waals surface area contributed by atoms with Crippen LogP contribution in [0.1, 0.15) is 59.2 Å². The van der Waals surface area contributed by atoms with E-state index in [1.54, 1.807) is 11.9 Å². The molecule has 1 aromatic heterocycles. The van der Waals surface area contributed by atoms with Crippen LogP contribution in [-0.2, 0) is 4.74 Å². The molecule has 1 aliphatic carbocycles. The van der Waals surface area contributed by atoms with E-state index in [9.17, 15) is 9.18 Å². The van der Waals surface area contributed by atoms with Gasteiger partial charge in [-0.3, -0.25) is 9.79 Å². The minimum Gasteiger partial charge on any atom is -0.489 e. The SMILES string of the molecule is CN=C1CN(C(=O)c2ccc(F)cc2OC2CC(NC3CCOCC3)C2)CC1c1nc(C)c(Cl)c(C)n1. The van der Waals surface area contributed by atoms with Gasteiger partial charge in [-0.25, -0.2) is 14.4 Å². The van der Waals surface area contributed by atoms with Gasteiger partial charge in [0.2, 0.25) is 0 Å². The maximum atomic E-state index is 14.2. The quantitative estimate of drug-likeness (QED) is 0.611. The maximum absolute atomic E-state index is 14.2. The first-order valence-corrected chi connectivity index (χ1v) is 13.3. The number of aliphatic imine (C=N–C) groups is 1. The maximum Gasteiger partial charge on any atom is 0.257 e. The number of hydrogen-bond acceptors (Lipinski definition) is 7. The van der Waals surface area contributed by atoms with Crippen molar-refractivity contribution in [3.8, 4) is 5.75 Å². The van der Waals surface area contributed by atoms with Gasteiger partial charge in [-0.2, -0.15) is 0 Å². The van der Waals surface area contributed by atoms with Crippen LogP contribution in [0.15, 0.2) is 23.2 Å². The summed E-state index contributed by atoms with van der Waals surface area (Å²) >= 11 is 6.26. The molecule has 2 aliphatic heterocycles. The fraction of sp³-hybridized carbons (Fsp3) is 0.556. The lowest BCUT2D eigenvalue weighted by molar-refractivity contribution is 0.0464. The van der Waals surface area contributed by atoms with Crippen molar-refractivity contribution in [2.75, 3.05) is 33.4 Å². The zero-order valence-corrected chi connectivity index (χ0v) is 22.2. The van der Waals surface area contributed by atoms with Crippen molar-refractivity contribution in [3.63, 3.8) is 0 Å². The number of carbonyl (C=O) groups is 1. The highest BCUT2D eigenvalue weighted by atomic mass is 35.5. The second kappa shape index (κ2) is 11.0. The fourth-order valence-electron chi connectivity index (χ4n) is 5.31. The molecule has 1 N–H and O–H groups in total. The van der Waals surface area contributed by atoms with E-state index in [2.05, 4.69) is 20.3 Å². The minimum absolute atomic E-state index is 0.0572. The number of carbonyl (C=O) groups excluding carboxylic acids is 1. The van der Waals surface area contributed by atoms with Gasteiger partial charge in [0.05, 0.1) is 34.4 Å². The van der Waals surface area contributed by atoms with Gasteiger partial charge in [0, 0.05) is 50.7 Å². The van der Waals surface area contributed by atoms with Gasteiger partial charge in [0.25, 0.3) is 5.91 Å². The molecule has 8 nitrogen and oxygen atoms in total. The molecular formula is C27H33ClFN5O3. The zero-order chi connectivity index (χ0) is 26.1. The molecule has 1 atom stereocenters. The number of amides is 1. The number of hydrogen-bond donors (Lipinski definition) is 1. The number of benzene rings is 1. The molecule has 3 aliphatic rings. The van der Waals surface area contributed by atoms with Gasteiger partial charge >= 0.3 is 0 Å². The molecule has 1 saturated carbocycles. The summed E-state index contributed by atoms with van der Waals surface area (Å²) in [5.41, 5.74) is 2.57. The van der Waals surface area contributed by atoms with E-state index in [1.165, 1.54) is 18.2 Å². The lowest BCUT2D eigenvalue weighted by Crippen LogP contribution is -2.51. The smallest absolute Gasteiger partial charge is 0.257 e. The Morgan fingerprint density at radius 3 is 2.57 bits per heavy atom. The first-order valence-electron chi connectivity index (χ1n) is 12.9. The summed E-state index contributed by atoms with van der Waals surface area (Å²) < 4.78 is 25.8. The van der Waals surface area contributed by atoms with Crippen LogP contribution in [0.3, 0.4) is 0 Å². The number of ether oxygens (including phenoxy) is 2. The Bertz CT molecular complexity index is 1170. The molecule has 3 fully saturated rings.